The van der Waals surface area contributed by atoms with Crippen LogP contribution in [0.2, 0.25) is 0 Å². The Labute approximate surface area is 211 Å². The molecular weight excluding hydrogens is 454 g/mol. The van der Waals surface area contributed by atoms with Crippen LogP contribution in [-0.2, 0) is 0 Å². The molecule has 4 aromatic rings. The summed E-state index contributed by atoms with van der Waals surface area (Å²) in [4.78, 5) is 15.6. The molecular formula is C27H33N7O2. The molecule has 0 aliphatic carbocycles. The minimum absolute atomic E-state index is 0.0196. The maximum absolute atomic E-state index is 10.8. The Bertz CT molecular complexity index is 1410. The summed E-state index contributed by atoms with van der Waals surface area (Å²) in [7, 11) is 2.02. The molecule has 1 aromatic carbocycles. The molecule has 3 aromatic heterocycles. The van der Waals surface area contributed by atoms with E-state index in [4.69, 9.17) is 4.42 Å². The molecule has 4 heterocycles. The van der Waals surface area contributed by atoms with Crippen molar-refractivity contribution in [2.24, 2.45) is 0 Å². The number of hydrogen-bond donors (Lipinski definition) is 2. The van der Waals surface area contributed by atoms with Crippen molar-refractivity contribution in [1.82, 2.24) is 30.5 Å². The number of oxazole rings is 1. The van der Waals surface area contributed by atoms with Crippen molar-refractivity contribution in [1.29, 1.82) is 0 Å². The van der Waals surface area contributed by atoms with Gasteiger partial charge >= 0.3 is 0 Å². The summed E-state index contributed by atoms with van der Waals surface area (Å²) in [5, 5.41) is 23.3. The molecule has 1 saturated heterocycles. The fourth-order valence-corrected chi connectivity index (χ4v) is 5.48. The third-order valence-corrected chi connectivity index (χ3v) is 6.82. The fourth-order valence-electron chi connectivity index (χ4n) is 5.48. The number of nitrogens with zero attached hydrogens (tertiary/aromatic N) is 6. The van der Waals surface area contributed by atoms with Crippen LogP contribution in [0.4, 0.5) is 5.95 Å². The summed E-state index contributed by atoms with van der Waals surface area (Å²) in [6.45, 7) is 12.7. The van der Waals surface area contributed by atoms with Crippen LogP contribution in [0.1, 0.15) is 52.0 Å². The van der Waals surface area contributed by atoms with Gasteiger partial charge in [0.25, 0.3) is 0 Å². The van der Waals surface area contributed by atoms with E-state index in [0.717, 1.165) is 29.5 Å². The van der Waals surface area contributed by atoms with Gasteiger partial charge in [0, 0.05) is 42.2 Å². The van der Waals surface area contributed by atoms with Gasteiger partial charge in [0.05, 0.1) is 11.9 Å². The first-order valence-electron chi connectivity index (χ1n) is 12.2. The van der Waals surface area contributed by atoms with Gasteiger partial charge in [-0.3, -0.25) is 0 Å². The number of phenolic OH excluding ortho intramolecular Hbond substituents is 1. The van der Waals surface area contributed by atoms with E-state index < -0.39 is 0 Å². The van der Waals surface area contributed by atoms with Gasteiger partial charge in [-0.05, 0) is 71.2 Å². The molecule has 2 N–H and O–H groups in total. The third-order valence-electron chi connectivity index (χ3n) is 6.82. The number of phenols is 1. The van der Waals surface area contributed by atoms with Crippen molar-refractivity contribution in [3.63, 3.8) is 0 Å². The Hall–Kier alpha value is -3.59. The van der Waals surface area contributed by atoms with Gasteiger partial charge < -0.3 is 19.7 Å². The normalized spacial score (nSPS) is 17.4. The quantitative estimate of drug-likeness (QED) is 0.419. The molecule has 188 valence electrons. The number of rotatable bonds is 4. The molecule has 0 unspecified atom stereocenters. The SMILES string of the molecule is Cc1nc2c(C)cc(-c3ccc(-c4cnc(N(C)C5CC(C)(C)NC(C)(C)C5)nn4)c(O)c3)nc2o1. The molecule has 0 atom stereocenters. The summed E-state index contributed by atoms with van der Waals surface area (Å²) >= 11 is 0. The van der Waals surface area contributed by atoms with E-state index in [1.54, 1.807) is 19.2 Å². The third kappa shape index (κ3) is 4.63. The van der Waals surface area contributed by atoms with Gasteiger partial charge in [0.1, 0.15) is 17.0 Å². The van der Waals surface area contributed by atoms with E-state index in [-0.39, 0.29) is 22.9 Å². The van der Waals surface area contributed by atoms with Gasteiger partial charge in [0.2, 0.25) is 11.7 Å². The molecule has 9 heteroatoms. The van der Waals surface area contributed by atoms with Crippen LogP contribution in [0, 0.1) is 13.8 Å². The van der Waals surface area contributed by atoms with Crippen molar-refractivity contribution >= 4 is 17.2 Å². The zero-order chi connectivity index (χ0) is 25.8. The highest BCUT2D eigenvalue weighted by molar-refractivity contribution is 5.79. The summed E-state index contributed by atoms with van der Waals surface area (Å²) in [6.07, 6.45) is 3.62. The second kappa shape index (κ2) is 8.51. The van der Waals surface area contributed by atoms with Crippen LogP contribution in [0.25, 0.3) is 33.7 Å². The van der Waals surface area contributed by atoms with E-state index >= 15 is 0 Å². The van der Waals surface area contributed by atoms with Crippen molar-refractivity contribution in [2.75, 3.05) is 11.9 Å². The Morgan fingerprint density at radius 2 is 1.72 bits per heavy atom. The molecule has 36 heavy (non-hydrogen) atoms. The first-order chi connectivity index (χ1) is 16.9. The van der Waals surface area contributed by atoms with Gasteiger partial charge in [-0.2, -0.15) is 0 Å². The minimum Gasteiger partial charge on any atom is -0.507 e. The van der Waals surface area contributed by atoms with Crippen molar-refractivity contribution in [2.45, 2.75) is 71.5 Å². The van der Waals surface area contributed by atoms with Crippen molar-refractivity contribution in [3.05, 3.63) is 41.9 Å². The van der Waals surface area contributed by atoms with Crippen molar-refractivity contribution in [3.8, 4) is 28.3 Å². The standard InChI is InChI=1S/C27H33N7O2/c1-15-10-20(30-24-23(15)29-16(2)36-24)17-8-9-19(22(35)11-17)21-14-28-25(32-31-21)34(7)18-12-26(3,4)33-27(5,6)13-18/h8-11,14,18,33,35H,12-13H2,1-7H3. The molecule has 1 aliphatic heterocycles. The molecule has 0 spiro atoms. The second-order valence-corrected chi connectivity index (χ2v) is 11.2. The molecule has 1 aliphatic rings. The highest BCUT2D eigenvalue weighted by atomic mass is 16.4. The average Bonchev–Trinajstić information content (AvgIpc) is 3.17. The zero-order valence-corrected chi connectivity index (χ0v) is 21.9. The van der Waals surface area contributed by atoms with E-state index in [1.165, 1.54) is 0 Å². The van der Waals surface area contributed by atoms with Crippen LogP contribution in [0.15, 0.2) is 34.9 Å². The lowest BCUT2D eigenvalue weighted by molar-refractivity contribution is 0.160. The summed E-state index contributed by atoms with van der Waals surface area (Å²) < 4.78 is 5.61. The predicted molar refractivity (Wildman–Crippen MR) is 140 cm³/mol. The lowest BCUT2D eigenvalue weighted by Crippen LogP contribution is -2.62. The maximum Gasteiger partial charge on any atom is 0.247 e. The van der Waals surface area contributed by atoms with Gasteiger partial charge in [-0.1, -0.05) is 6.07 Å². The van der Waals surface area contributed by atoms with Gasteiger partial charge in [-0.15, -0.1) is 10.2 Å². The van der Waals surface area contributed by atoms with Gasteiger partial charge in [-0.25, -0.2) is 15.0 Å². The highest BCUT2D eigenvalue weighted by Crippen LogP contribution is 2.34. The fraction of sp³-hybridized carbons (Fsp3) is 0.444. The Morgan fingerprint density at radius 1 is 1.00 bits per heavy atom. The largest absolute Gasteiger partial charge is 0.507 e. The summed E-state index contributed by atoms with van der Waals surface area (Å²) in [5.41, 5.74) is 4.78. The number of hydrogen-bond acceptors (Lipinski definition) is 9. The van der Waals surface area contributed by atoms with Gasteiger partial charge in [0.15, 0.2) is 5.89 Å². The number of anilines is 1. The zero-order valence-electron chi connectivity index (χ0n) is 21.9. The Morgan fingerprint density at radius 3 is 2.36 bits per heavy atom. The molecule has 5 rings (SSSR count). The number of pyridine rings is 1. The van der Waals surface area contributed by atoms with Crippen LogP contribution in [0.5, 0.6) is 5.75 Å². The first-order valence-corrected chi connectivity index (χ1v) is 12.2. The second-order valence-electron chi connectivity index (χ2n) is 11.2. The maximum atomic E-state index is 10.8. The van der Waals surface area contributed by atoms with E-state index in [0.29, 0.717) is 34.5 Å². The number of aromatic nitrogens is 5. The molecule has 0 saturated carbocycles. The Kier molecular flexibility index (Phi) is 5.70. The van der Waals surface area contributed by atoms with Crippen molar-refractivity contribution < 1.29 is 9.52 Å². The number of nitrogens with one attached hydrogen (secondary N) is 1. The highest BCUT2D eigenvalue weighted by Gasteiger charge is 2.39. The Balaban J connectivity index is 1.38. The molecule has 0 amide bonds. The number of benzene rings is 1. The molecule has 9 nitrogen and oxygen atoms in total. The number of aryl methyl sites for hydroxylation is 2. The van der Waals surface area contributed by atoms with E-state index in [9.17, 15) is 5.11 Å². The summed E-state index contributed by atoms with van der Waals surface area (Å²) in [6, 6.07) is 7.61. The van der Waals surface area contributed by atoms with Crippen LogP contribution in [0.3, 0.4) is 0 Å². The molecule has 1 fully saturated rings. The lowest BCUT2D eigenvalue weighted by atomic mass is 9.79. The number of piperidine rings is 1. The van der Waals surface area contributed by atoms with Crippen LogP contribution >= 0.6 is 0 Å². The van der Waals surface area contributed by atoms with E-state index in [2.05, 4.69) is 63.1 Å². The lowest BCUT2D eigenvalue weighted by Gasteiger charge is -2.48. The summed E-state index contributed by atoms with van der Waals surface area (Å²) in [5.74, 6) is 1.23. The minimum atomic E-state index is 0.0196. The number of fused-ring (bicyclic) bond motifs is 1. The number of aromatic hydroxyl groups is 1. The predicted octanol–water partition coefficient (Wildman–Crippen LogP) is 4.81. The monoisotopic (exact) mass is 487 g/mol. The molecule has 0 radical (unpaired) electrons. The average molecular weight is 488 g/mol. The smallest absolute Gasteiger partial charge is 0.247 e. The first kappa shape index (κ1) is 24.1. The van der Waals surface area contributed by atoms with E-state index in [1.807, 2.05) is 32.2 Å². The molecule has 0 bridgehead atoms. The topological polar surface area (TPSA) is 113 Å². The van der Waals surface area contributed by atoms with Crippen LogP contribution < -0.4 is 10.2 Å². The van der Waals surface area contributed by atoms with Crippen LogP contribution in [-0.4, -0.2) is 54.4 Å².